The number of imidazole rings is 1. The van der Waals surface area contributed by atoms with E-state index in [0.29, 0.717) is 24.6 Å². The minimum Gasteiger partial charge on any atom is -0.342 e. The lowest BCUT2D eigenvalue weighted by Crippen LogP contribution is -2.32. The average molecular weight is 693 g/mol. The molecule has 0 aliphatic rings. The zero-order chi connectivity index (χ0) is 35.1. The molecule has 1 aromatic carbocycles. The van der Waals surface area contributed by atoms with E-state index < -0.39 is 16.1 Å². The van der Waals surface area contributed by atoms with Crippen molar-refractivity contribution in [2.75, 3.05) is 7.05 Å². The van der Waals surface area contributed by atoms with Crippen LogP contribution in [0.1, 0.15) is 158 Å². The van der Waals surface area contributed by atoms with E-state index in [4.69, 9.17) is 4.52 Å². The van der Waals surface area contributed by atoms with Crippen molar-refractivity contribution in [2.24, 2.45) is 5.92 Å². The van der Waals surface area contributed by atoms with Gasteiger partial charge in [-0.2, -0.15) is 9.29 Å². The fraction of sp³-hybridized carbons (Fsp3) is 0.641. The number of benzene rings is 1. The van der Waals surface area contributed by atoms with Crippen LogP contribution < -0.4 is 0 Å². The molecule has 1 N–H and O–H groups in total. The van der Waals surface area contributed by atoms with Gasteiger partial charge in [0.25, 0.3) is 0 Å². The highest BCUT2D eigenvalue weighted by Gasteiger charge is 2.33. The number of hydrogen-bond acceptors (Lipinski definition) is 7. The number of nitrogens with one attached hydrogen (secondary N) is 1. The second-order valence-corrected chi connectivity index (χ2v) is 16.2. The van der Waals surface area contributed by atoms with Crippen molar-refractivity contribution < 1.29 is 12.9 Å². The molecule has 0 bridgehead atoms. The Bertz CT molecular complexity index is 1630. The Balaban J connectivity index is 1.22. The number of hydrogen-bond donors (Lipinski definition) is 1. The van der Waals surface area contributed by atoms with E-state index in [2.05, 4.69) is 45.9 Å². The predicted molar refractivity (Wildman–Crippen MR) is 198 cm³/mol. The summed E-state index contributed by atoms with van der Waals surface area (Å²) < 4.78 is 34.7. The number of sulfonamides is 1. The molecule has 0 saturated heterocycles. The molecule has 0 fully saturated rings. The number of nitrogens with zero attached hydrogens (tertiary/aromatic N) is 5. The second-order valence-electron chi connectivity index (χ2n) is 14.2. The number of aromatic amines is 1. The number of aryl methyl sites for hydroxylation is 2. The summed E-state index contributed by atoms with van der Waals surface area (Å²) >= 11 is 0. The zero-order valence-electron chi connectivity index (χ0n) is 30.7. The SMILES string of the molecule is CCCCCCCCCCCCCCCCCc1noc(C(CC(C)C)N(C)S(=O)(=O)c2ccc(Cc3nccc4[nH]c(C)nc34)cc2)n1. The molecule has 10 heteroatoms. The van der Waals surface area contributed by atoms with Crippen LogP contribution in [0.15, 0.2) is 45.9 Å². The molecule has 3 heterocycles. The van der Waals surface area contributed by atoms with E-state index in [-0.39, 0.29) is 10.8 Å². The topological polar surface area (TPSA) is 118 Å². The number of aromatic nitrogens is 5. The summed E-state index contributed by atoms with van der Waals surface area (Å²) in [5.74, 6) is 2.09. The Morgan fingerprint density at radius 2 is 1.41 bits per heavy atom. The monoisotopic (exact) mass is 692 g/mol. The number of unbranched alkanes of at least 4 members (excludes halogenated alkanes) is 14. The van der Waals surface area contributed by atoms with Crippen LogP contribution in [0.4, 0.5) is 0 Å². The summed E-state index contributed by atoms with van der Waals surface area (Å²) in [6.07, 6.45) is 23.5. The van der Waals surface area contributed by atoms with Gasteiger partial charge in [0.2, 0.25) is 15.9 Å². The Kier molecular flexibility index (Phi) is 15.7. The molecule has 3 aromatic heterocycles. The third-order valence-corrected chi connectivity index (χ3v) is 11.4. The highest BCUT2D eigenvalue weighted by Crippen LogP contribution is 2.31. The molecular formula is C39H60N6O3S. The standard InChI is InChI=1S/C39H60N6O3S/c1-6-7-8-9-10-11-12-13-14-15-16-17-18-19-20-21-37-43-39(48-44-37)36(28-30(2)3)45(5)49(46,47)33-24-22-32(23-25-33)29-35-38-34(26-27-40-35)41-31(4)42-38/h22-27,30,36H,6-21,28-29H2,1-5H3,(H,41,42). The molecule has 0 spiro atoms. The van der Waals surface area contributed by atoms with Crippen LogP contribution in [0.5, 0.6) is 0 Å². The first-order chi connectivity index (χ1) is 23.7. The number of pyridine rings is 1. The third-order valence-electron chi connectivity index (χ3n) is 9.47. The van der Waals surface area contributed by atoms with E-state index in [0.717, 1.165) is 47.4 Å². The van der Waals surface area contributed by atoms with Crippen molar-refractivity contribution in [2.45, 2.75) is 154 Å². The molecule has 49 heavy (non-hydrogen) atoms. The van der Waals surface area contributed by atoms with Gasteiger partial charge in [-0.3, -0.25) is 4.98 Å². The Morgan fingerprint density at radius 1 is 0.816 bits per heavy atom. The minimum absolute atomic E-state index is 0.229. The molecule has 4 aromatic rings. The fourth-order valence-corrected chi connectivity index (χ4v) is 7.88. The molecule has 0 radical (unpaired) electrons. The Labute approximate surface area is 295 Å². The average Bonchev–Trinajstić information content (AvgIpc) is 3.71. The minimum atomic E-state index is -3.81. The van der Waals surface area contributed by atoms with Crippen LogP contribution in [0, 0.1) is 12.8 Å². The van der Waals surface area contributed by atoms with E-state index in [1.807, 2.05) is 25.1 Å². The Hall–Kier alpha value is -3.11. The van der Waals surface area contributed by atoms with Crippen molar-refractivity contribution in [1.82, 2.24) is 29.4 Å². The summed E-state index contributed by atoms with van der Waals surface area (Å²) in [5.41, 5.74) is 3.59. The molecule has 9 nitrogen and oxygen atoms in total. The van der Waals surface area contributed by atoms with Crippen molar-refractivity contribution in [3.05, 3.63) is 65.3 Å². The van der Waals surface area contributed by atoms with Gasteiger partial charge in [-0.15, -0.1) is 0 Å². The smallest absolute Gasteiger partial charge is 0.245 e. The lowest BCUT2D eigenvalue weighted by molar-refractivity contribution is 0.247. The van der Waals surface area contributed by atoms with E-state index in [1.54, 1.807) is 25.4 Å². The lowest BCUT2D eigenvalue weighted by Gasteiger charge is -2.26. The van der Waals surface area contributed by atoms with Gasteiger partial charge >= 0.3 is 0 Å². The first-order valence-corrected chi connectivity index (χ1v) is 20.3. The number of fused-ring (bicyclic) bond motifs is 1. The molecule has 1 unspecified atom stereocenters. The maximum atomic E-state index is 13.8. The molecule has 0 aliphatic heterocycles. The number of rotatable bonds is 24. The van der Waals surface area contributed by atoms with E-state index in [9.17, 15) is 8.42 Å². The van der Waals surface area contributed by atoms with Crippen LogP contribution in [-0.4, -0.2) is 44.9 Å². The molecule has 4 rings (SSSR count). The highest BCUT2D eigenvalue weighted by atomic mass is 32.2. The maximum Gasteiger partial charge on any atom is 0.245 e. The van der Waals surface area contributed by atoms with E-state index in [1.165, 1.54) is 87.8 Å². The van der Waals surface area contributed by atoms with Gasteiger partial charge in [-0.1, -0.05) is 128 Å². The molecule has 0 saturated carbocycles. The number of H-pyrrole nitrogens is 1. The zero-order valence-corrected chi connectivity index (χ0v) is 31.5. The fourth-order valence-electron chi connectivity index (χ4n) is 6.56. The summed E-state index contributed by atoms with van der Waals surface area (Å²) in [6.45, 7) is 8.34. The van der Waals surface area contributed by atoms with Gasteiger partial charge in [-0.25, -0.2) is 13.4 Å². The maximum absolute atomic E-state index is 13.8. The molecule has 0 aliphatic carbocycles. The van der Waals surface area contributed by atoms with Gasteiger partial charge in [0, 0.05) is 26.1 Å². The summed E-state index contributed by atoms with van der Waals surface area (Å²) in [7, 11) is -2.20. The van der Waals surface area contributed by atoms with E-state index >= 15 is 0 Å². The van der Waals surface area contributed by atoms with Crippen LogP contribution in [0.3, 0.4) is 0 Å². The first kappa shape index (κ1) is 38.7. The van der Waals surface area contributed by atoms with Crippen LogP contribution in [-0.2, 0) is 22.9 Å². The molecule has 0 amide bonds. The van der Waals surface area contributed by atoms with Gasteiger partial charge in [0.15, 0.2) is 5.82 Å². The summed E-state index contributed by atoms with van der Waals surface area (Å²) in [5, 5.41) is 4.24. The van der Waals surface area contributed by atoms with Crippen LogP contribution in [0.25, 0.3) is 11.0 Å². The quantitative estimate of drug-likeness (QED) is 0.0726. The van der Waals surface area contributed by atoms with Crippen LogP contribution >= 0.6 is 0 Å². The van der Waals surface area contributed by atoms with Gasteiger partial charge in [-0.05, 0) is 49.4 Å². The van der Waals surface area contributed by atoms with Crippen molar-refractivity contribution in [1.29, 1.82) is 0 Å². The van der Waals surface area contributed by atoms with Crippen molar-refractivity contribution in [3.8, 4) is 0 Å². The molecule has 270 valence electrons. The highest BCUT2D eigenvalue weighted by molar-refractivity contribution is 7.89. The largest absolute Gasteiger partial charge is 0.342 e. The van der Waals surface area contributed by atoms with Gasteiger partial charge < -0.3 is 9.51 Å². The lowest BCUT2D eigenvalue weighted by atomic mass is 10.0. The second kappa shape index (κ2) is 19.9. The van der Waals surface area contributed by atoms with Crippen molar-refractivity contribution >= 4 is 21.1 Å². The van der Waals surface area contributed by atoms with Gasteiger partial charge in [0.1, 0.15) is 17.4 Å². The Morgan fingerprint density at radius 3 is 2.00 bits per heavy atom. The third kappa shape index (κ3) is 12.0. The summed E-state index contributed by atoms with van der Waals surface area (Å²) in [6, 6.07) is 8.39. The summed E-state index contributed by atoms with van der Waals surface area (Å²) in [4.78, 5) is 17.3. The molecular weight excluding hydrogens is 633 g/mol. The normalized spacial score (nSPS) is 12.9. The first-order valence-electron chi connectivity index (χ1n) is 18.9. The van der Waals surface area contributed by atoms with Crippen LogP contribution in [0.2, 0.25) is 0 Å². The van der Waals surface area contributed by atoms with Gasteiger partial charge in [0.05, 0.1) is 16.1 Å². The molecule has 1 atom stereocenters. The predicted octanol–water partition coefficient (Wildman–Crippen LogP) is 10.1. The van der Waals surface area contributed by atoms with Crippen molar-refractivity contribution in [3.63, 3.8) is 0 Å².